The van der Waals surface area contributed by atoms with Crippen molar-refractivity contribution in [2.24, 2.45) is 29.6 Å². The third-order valence-electron chi connectivity index (χ3n) is 9.03. The molecule has 29 heavy (non-hydrogen) atoms. The second-order valence-corrected chi connectivity index (χ2v) is 11.1. The van der Waals surface area contributed by atoms with E-state index in [9.17, 15) is 4.79 Å². The highest BCUT2D eigenvalue weighted by molar-refractivity contribution is 5.76. The van der Waals surface area contributed by atoms with Crippen molar-refractivity contribution < 1.29 is 19.3 Å². The number of piperazine rings is 1. The summed E-state index contributed by atoms with van der Waals surface area (Å²) in [7, 11) is 2.13. The highest BCUT2D eigenvalue weighted by atomic mass is 17.3. The van der Waals surface area contributed by atoms with Gasteiger partial charge >= 0.3 is 0 Å². The third-order valence-corrected chi connectivity index (χ3v) is 9.03. The average molecular weight is 405 g/mol. The molecule has 7 rings (SSSR count). The summed E-state index contributed by atoms with van der Waals surface area (Å²) >= 11 is 0. The van der Waals surface area contributed by atoms with Gasteiger partial charge in [-0.25, -0.2) is 0 Å². The van der Waals surface area contributed by atoms with Gasteiger partial charge in [0.2, 0.25) is 17.5 Å². The van der Waals surface area contributed by atoms with Crippen molar-refractivity contribution in [1.82, 2.24) is 9.80 Å². The second-order valence-electron chi connectivity index (χ2n) is 11.1. The smallest absolute Gasteiger partial charge is 0.222 e. The van der Waals surface area contributed by atoms with Gasteiger partial charge in [-0.15, -0.1) is 0 Å². The van der Waals surface area contributed by atoms with Crippen LogP contribution in [0.3, 0.4) is 0 Å². The van der Waals surface area contributed by atoms with Crippen LogP contribution in [0.2, 0.25) is 0 Å². The van der Waals surface area contributed by atoms with Crippen LogP contribution in [0.1, 0.15) is 64.2 Å². The number of nitrogens with zero attached hydrogens (tertiary/aromatic N) is 2. The fourth-order valence-electron chi connectivity index (χ4n) is 7.69. The van der Waals surface area contributed by atoms with E-state index in [1.807, 2.05) is 4.90 Å². The molecule has 5 saturated carbocycles. The van der Waals surface area contributed by atoms with E-state index in [1.54, 1.807) is 0 Å². The van der Waals surface area contributed by atoms with Gasteiger partial charge in [-0.2, -0.15) is 9.78 Å². The van der Waals surface area contributed by atoms with E-state index in [-0.39, 0.29) is 0 Å². The minimum atomic E-state index is -0.610. The minimum Gasteiger partial charge on any atom is -0.340 e. The van der Waals surface area contributed by atoms with Gasteiger partial charge in [-0.3, -0.25) is 4.79 Å². The molecule has 0 N–H and O–H groups in total. The Bertz CT molecular complexity index is 633. The lowest BCUT2D eigenvalue weighted by atomic mass is 9.53. The molecule has 6 nitrogen and oxygen atoms in total. The molecule has 0 radical (unpaired) electrons. The molecule has 7 fully saturated rings. The van der Waals surface area contributed by atoms with Crippen LogP contribution in [0.4, 0.5) is 0 Å². The molecular formula is C23H36N2O4. The van der Waals surface area contributed by atoms with Crippen LogP contribution in [0.15, 0.2) is 0 Å². The SMILES string of the molecule is CN1CCN(C(=O)C[C@@H]2CCC[C@]3(C2)OOC2(O3)C3CC4CC(C3)CC2C4)CC1. The van der Waals surface area contributed by atoms with Crippen molar-refractivity contribution in [3.05, 3.63) is 0 Å². The van der Waals surface area contributed by atoms with E-state index in [0.29, 0.717) is 30.1 Å². The van der Waals surface area contributed by atoms with Gasteiger partial charge in [0.25, 0.3) is 0 Å². The first-order valence-corrected chi connectivity index (χ1v) is 12.1. The Morgan fingerprint density at radius 2 is 1.66 bits per heavy atom. The molecule has 7 aliphatic rings. The molecule has 5 aliphatic carbocycles. The van der Waals surface area contributed by atoms with E-state index in [0.717, 1.165) is 63.7 Å². The van der Waals surface area contributed by atoms with Crippen LogP contribution in [0, 0.1) is 29.6 Å². The van der Waals surface area contributed by atoms with Gasteiger partial charge in [0, 0.05) is 57.3 Å². The fourth-order valence-corrected chi connectivity index (χ4v) is 7.69. The second kappa shape index (κ2) is 6.91. The van der Waals surface area contributed by atoms with Crippen LogP contribution in [-0.4, -0.2) is 60.5 Å². The first-order chi connectivity index (χ1) is 14.0. The van der Waals surface area contributed by atoms with Crippen molar-refractivity contribution in [1.29, 1.82) is 0 Å². The van der Waals surface area contributed by atoms with E-state index < -0.39 is 11.6 Å². The summed E-state index contributed by atoms with van der Waals surface area (Å²) in [6.07, 6.45) is 10.9. The molecular weight excluding hydrogens is 368 g/mol. The number of ether oxygens (including phenoxy) is 1. The Kier molecular flexibility index (Phi) is 4.53. The Morgan fingerprint density at radius 1 is 0.966 bits per heavy atom. The van der Waals surface area contributed by atoms with Crippen molar-refractivity contribution in [3.63, 3.8) is 0 Å². The van der Waals surface area contributed by atoms with Crippen LogP contribution >= 0.6 is 0 Å². The monoisotopic (exact) mass is 404 g/mol. The lowest BCUT2D eigenvalue weighted by Crippen LogP contribution is -2.59. The normalized spacial score (nSPS) is 49.4. The van der Waals surface area contributed by atoms with E-state index in [2.05, 4.69) is 11.9 Å². The zero-order valence-corrected chi connectivity index (χ0v) is 17.8. The number of hydrogen-bond acceptors (Lipinski definition) is 5. The molecule has 0 aromatic carbocycles. The summed E-state index contributed by atoms with van der Waals surface area (Å²) in [4.78, 5) is 29.5. The Labute approximate surface area is 174 Å². The van der Waals surface area contributed by atoms with Gasteiger partial charge < -0.3 is 14.5 Å². The highest BCUT2D eigenvalue weighted by Crippen LogP contribution is 2.64. The number of amides is 1. The number of rotatable bonds is 2. The van der Waals surface area contributed by atoms with Crippen molar-refractivity contribution in [2.75, 3.05) is 33.2 Å². The lowest BCUT2D eigenvalue weighted by Gasteiger charge is -2.57. The fraction of sp³-hybridized carbons (Fsp3) is 0.957. The summed E-state index contributed by atoms with van der Waals surface area (Å²) in [5.74, 6) is 2.32. The third kappa shape index (κ3) is 3.17. The maximum Gasteiger partial charge on any atom is 0.222 e. The van der Waals surface area contributed by atoms with Gasteiger partial charge in [0.05, 0.1) is 0 Å². The first kappa shape index (κ1) is 19.0. The molecule has 0 unspecified atom stereocenters. The molecule has 0 aromatic heterocycles. The van der Waals surface area contributed by atoms with Crippen LogP contribution in [0.25, 0.3) is 0 Å². The van der Waals surface area contributed by atoms with E-state index in [4.69, 9.17) is 14.5 Å². The maximum absolute atomic E-state index is 12.9. The zero-order chi connectivity index (χ0) is 19.6. The predicted molar refractivity (Wildman–Crippen MR) is 106 cm³/mol. The quantitative estimate of drug-likeness (QED) is 0.662. The number of likely N-dealkylation sites (N-methyl/N-ethyl adjacent to an activating group) is 1. The van der Waals surface area contributed by atoms with E-state index >= 15 is 0 Å². The summed E-state index contributed by atoms with van der Waals surface area (Å²) < 4.78 is 6.85. The van der Waals surface area contributed by atoms with Crippen LogP contribution in [-0.2, 0) is 19.3 Å². The standard InChI is InChI=1S/C23H36N2O4/c1-24-5-7-25(8-6-24)21(26)14-16-3-2-4-22(15-16)27-23(29-28-22)19-10-17-9-18(12-19)13-20(23)11-17/h16-20H,2-15H2,1H3/t16-,17?,18?,19?,20?,22+,23?/m0/s1. The molecule has 1 amide bonds. The summed E-state index contributed by atoms with van der Waals surface area (Å²) in [6, 6.07) is 0. The van der Waals surface area contributed by atoms with Gasteiger partial charge in [-0.05, 0) is 69.7 Å². The van der Waals surface area contributed by atoms with Crippen molar-refractivity contribution in [2.45, 2.75) is 75.8 Å². The number of carbonyl (C=O) groups excluding carboxylic acids is 1. The molecule has 2 saturated heterocycles. The molecule has 2 aliphatic heterocycles. The molecule has 0 aromatic rings. The highest BCUT2D eigenvalue weighted by Gasteiger charge is 2.67. The molecule has 6 heteroatoms. The molecule has 2 heterocycles. The Hall–Kier alpha value is -0.690. The first-order valence-electron chi connectivity index (χ1n) is 12.1. The zero-order valence-electron chi connectivity index (χ0n) is 17.8. The molecule has 2 atom stereocenters. The number of hydrogen-bond donors (Lipinski definition) is 0. The van der Waals surface area contributed by atoms with Gasteiger partial charge in [0.15, 0.2) is 0 Å². The molecule has 4 bridgehead atoms. The van der Waals surface area contributed by atoms with Gasteiger partial charge in [0.1, 0.15) is 0 Å². The predicted octanol–water partition coefficient (Wildman–Crippen LogP) is 3.17. The topological polar surface area (TPSA) is 51.2 Å². The van der Waals surface area contributed by atoms with Crippen molar-refractivity contribution >= 4 is 5.91 Å². The average Bonchev–Trinajstić information content (AvgIpc) is 3.06. The lowest BCUT2D eigenvalue weighted by molar-refractivity contribution is -0.390. The molecule has 162 valence electrons. The largest absolute Gasteiger partial charge is 0.340 e. The summed E-state index contributed by atoms with van der Waals surface area (Å²) in [5, 5.41) is 0. The number of carbonyl (C=O) groups is 1. The van der Waals surface area contributed by atoms with Crippen molar-refractivity contribution in [3.8, 4) is 0 Å². The molecule has 2 spiro atoms. The van der Waals surface area contributed by atoms with E-state index in [1.165, 1.54) is 32.1 Å². The Morgan fingerprint density at radius 3 is 2.34 bits per heavy atom. The summed E-state index contributed by atoms with van der Waals surface area (Å²) in [5.41, 5.74) is 0. The maximum atomic E-state index is 12.9. The Balaban J connectivity index is 1.12. The minimum absolute atomic E-state index is 0.309. The van der Waals surface area contributed by atoms with Crippen LogP contribution < -0.4 is 0 Å². The summed E-state index contributed by atoms with van der Waals surface area (Å²) in [6.45, 7) is 3.68. The van der Waals surface area contributed by atoms with Gasteiger partial charge in [-0.1, -0.05) is 0 Å². The van der Waals surface area contributed by atoms with Crippen LogP contribution in [0.5, 0.6) is 0 Å².